The molecule has 1 aliphatic rings. The Hall–Kier alpha value is -1.29. The molecule has 0 spiro atoms. The molecule has 0 aromatic heterocycles. The van der Waals surface area contributed by atoms with Crippen LogP contribution in [-0.4, -0.2) is 88.9 Å². The fourth-order valence-corrected chi connectivity index (χ4v) is 4.43. The molecule has 9 heteroatoms. The van der Waals surface area contributed by atoms with Gasteiger partial charge in [-0.25, -0.2) is 0 Å². The summed E-state index contributed by atoms with van der Waals surface area (Å²) in [4.78, 5) is 14.6. The van der Waals surface area contributed by atoms with Gasteiger partial charge in [0, 0.05) is 6.42 Å². The van der Waals surface area contributed by atoms with E-state index in [-0.39, 0.29) is 18.9 Å². The van der Waals surface area contributed by atoms with Crippen molar-refractivity contribution in [1.29, 1.82) is 0 Å². The van der Waals surface area contributed by atoms with Crippen molar-refractivity contribution >= 4 is 21.7 Å². The molecule has 0 bridgehead atoms. The Labute approximate surface area is 187 Å². The van der Waals surface area contributed by atoms with Gasteiger partial charge in [0.25, 0.3) is 10.1 Å². The molecule has 31 heavy (non-hydrogen) atoms. The van der Waals surface area contributed by atoms with Crippen LogP contribution in [0.25, 0.3) is 0 Å². The van der Waals surface area contributed by atoms with Crippen LogP contribution in [0.3, 0.4) is 0 Å². The number of unbranched alkanes of at least 4 members (excludes halogenated alkanes) is 7. The van der Waals surface area contributed by atoms with Crippen molar-refractivity contribution in [3.8, 4) is 0 Å². The second kappa shape index (κ2) is 15.5. The Bertz CT molecular complexity index is 690. The number of hydrogen-bond acceptors (Lipinski definition) is 6. The van der Waals surface area contributed by atoms with Crippen LogP contribution in [0.4, 0.5) is 0 Å². The SMILES string of the molecule is CCC/C=C/CCCCCCCCC(=O)C1=[N+](CC(O)CS(=O)(=O)O)CCN1CCO. The first-order chi connectivity index (χ1) is 14.8. The van der Waals surface area contributed by atoms with E-state index in [1.165, 1.54) is 19.3 Å². The summed E-state index contributed by atoms with van der Waals surface area (Å²) in [6.45, 7) is 3.36. The second-order valence-electron chi connectivity index (χ2n) is 8.23. The molecule has 0 aliphatic carbocycles. The zero-order chi connectivity index (χ0) is 23.1. The zero-order valence-electron chi connectivity index (χ0n) is 18.9. The lowest BCUT2D eigenvalue weighted by atomic mass is 10.1. The first-order valence-electron chi connectivity index (χ1n) is 11.6. The fraction of sp³-hybridized carbons (Fsp3) is 0.818. The summed E-state index contributed by atoms with van der Waals surface area (Å²) >= 11 is 0. The summed E-state index contributed by atoms with van der Waals surface area (Å²) in [5.74, 6) is -0.382. The number of nitrogens with zero attached hydrogens (tertiary/aromatic N) is 2. The number of β-amino-alcohol motifs (C(OH)–C–C–N with tert-alkyl or cyclic N) is 2. The van der Waals surface area contributed by atoms with Crippen molar-refractivity contribution < 1.29 is 32.6 Å². The summed E-state index contributed by atoms with van der Waals surface area (Å²) < 4.78 is 32.5. The average molecular weight is 462 g/mol. The summed E-state index contributed by atoms with van der Waals surface area (Å²) in [6, 6.07) is 0. The minimum absolute atomic E-state index is 0.0461. The molecule has 0 saturated heterocycles. The highest BCUT2D eigenvalue weighted by Gasteiger charge is 2.36. The molecule has 0 radical (unpaired) electrons. The third kappa shape index (κ3) is 12.4. The summed E-state index contributed by atoms with van der Waals surface area (Å²) in [5.41, 5.74) is 0. The number of hydrogen-bond donors (Lipinski definition) is 3. The standard InChI is InChI=1S/C22H40N2O6S/c1-2-3-4-5-6-7-8-9-10-11-12-13-21(27)22-23(16-17-25)14-15-24(22)18-20(26)19-31(28,29)30/h4-5,20,25-26H,2-3,6-19H2,1H3/p+1/b5-4+. The van der Waals surface area contributed by atoms with Crippen LogP contribution < -0.4 is 0 Å². The van der Waals surface area contributed by atoms with Crippen molar-refractivity contribution in [3.05, 3.63) is 12.2 Å². The van der Waals surface area contributed by atoms with Gasteiger partial charge in [-0.05, 0) is 25.7 Å². The maximum absolute atomic E-state index is 12.8. The first-order valence-corrected chi connectivity index (χ1v) is 13.2. The lowest BCUT2D eigenvalue weighted by Crippen LogP contribution is -2.40. The van der Waals surface area contributed by atoms with E-state index in [1.54, 1.807) is 9.48 Å². The maximum atomic E-state index is 12.8. The minimum atomic E-state index is -4.29. The molecule has 1 aliphatic heterocycles. The topological polar surface area (TPSA) is 118 Å². The molecule has 0 amide bonds. The van der Waals surface area contributed by atoms with Crippen LogP contribution in [-0.2, 0) is 14.9 Å². The van der Waals surface area contributed by atoms with Gasteiger partial charge in [-0.15, -0.1) is 0 Å². The molecule has 3 N–H and O–H groups in total. The largest absolute Gasteiger partial charge is 0.392 e. The quantitative estimate of drug-likeness (QED) is 0.124. The van der Waals surface area contributed by atoms with Crippen LogP contribution in [0, 0.1) is 0 Å². The van der Waals surface area contributed by atoms with Crippen LogP contribution in [0.1, 0.15) is 71.1 Å². The zero-order valence-corrected chi connectivity index (χ0v) is 19.7. The van der Waals surface area contributed by atoms with Crippen molar-refractivity contribution in [2.45, 2.75) is 77.2 Å². The van der Waals surface area contributed by atoms with Gasteiger partial charge in [-0.3, -0.25) is 18.8 Å². The van der Waals surface area contributed by atoms with Gasteiger partial charge in [-0.1, -0.05) is 51.2 Å². The molecule has 180 valence electrons. The van der Waals surface area contributed by atoms with Gasteiger partial charge in [0.15, 0.2) is 0 Å². The van der Waals surface area contributed by atoms with Crippen molar-refractivity contribution in [1.82, 2.24) is 4.90 Å². The van der Waals surface area contributed by atoms with Crippen LogP contribution in [0.2, 0.25) is 0 Å². The van der Waals surface area contributed by atoms with Gasteiger partial charge in [0.1, 0.15) is 38.0 Å². The molecule has 1 atom stereocenters. The lowest BCUT2D eigenvalue weighted by Gasteiger charge is -2.13. The maximum Gasteiger partial charge on any atom is 0.316 e. The van der Waals surface area contributed by atoms with E-state index < -0.39 is 22.0 Å². The normalized spacial score (nSPS) is 15.9. The third-order valence-electron chi connectivity index (χ3n) is 5.34. The fourth-order valence-electron chi connectivity index (χ4n) is 3.84. The van der Waals surface area contributed by atoms with Gasteiger partial charge in [0.05, 0.1) is 6.61 Å². The van der Waals surface area contributed by atoms with Crippen LogP contribution in [0.15, 0.2) is 12.2 Å². The Morgan fingerprint density at radius 1 is 1.13 bits per heavy atom. The van der Waals surface area contributed by atoms with Crippen molar-refractivity contribution in [3.63, 3.8) is 0 Å². The third-order valence-corrected chi connectivity index (χ3v) is 6.15. The highest BCUT2D eigenvalue weighted by Crippen LogP contribution is 2.12. The number of carbonyl (C=O) groups is 1. The predicted octanol–water partition coefficient (Wildman–Crippen LogP) is 2.00. The number of aliphatic hydroxyl groups is 2. The molecule has 0 aromatic carbocycles. The highest BCUT2D eigenvalue weighted by molar-refractivity contribution is 7.85. The van der Waals surface area contributed by atoms with Crippen LogP contribution >= 0.6 is 0 Å². The molecule has 0 fully saturated rings. The molecule has 1 heterocycles. The van der Waals surface area contributed by atoms with E-state index in [4.69, 9.17) is 4.55 Å². The lowest BCUT2D eigenvalue weighted by molar-refractivity contribution is -0.525. The minimum Gasteiger partial charge on any atom is -0.392 e. The second-order valence-corrected chi connectivity index (χ2v) is 9.72. The van der Waals surface area contributed by atoms with Crippen LogP contribution in [0.5, 0.6) is 0 Å². The predicted molar refractivity (Wildman–Crippen MR) is 122 cm³/mol. The highest BCUT2D eigenvalue weighted by atomic mass is 32.2. The Kier molecular flexibility index (Phi) is 13.9. The Balaban J connectivity index is 2.43. The van der Waals surface area contributed by atoms with Gasteiger partial charge in [-0.2, -0.15) is 8.42 Å². The number of ketones is 1. The monoisotopic (exact) mass is 461 g/mol. The Morgan fingerprint density at radius 2 is 1.77 bits per heavy atom. The molecular formula is C22H41N2O6S+. The number of rotatable bonds is 18. The molecule has 1 rings (SSSR count). The van der Waals surface area contributed by atoms with Gasteiger partial charge in [0.2, 0.25) is 5.78 Å². The summed E-state index contributed by atoms with van der Waals surface area (Å²) in [6.07, 6.45) is 13.5. The Morgan fingerprint density at radius 3 is 2.42 bits per heavy atom. The molecular weight excluding hydrogens is 420 g/mol. The number of carbonyl (C=O) groups excluding carboxylic acids is 1. The number of Topliss-reactive ketones (excluding diaryl/α,β-unsaturated/α-hetero) is 1. The van der Waals surface area contributed by atoms with Gasteiger partial charge >= 0.3 is 5.84 Å². The van der Waals surface area contributed by atoms with Crippen molar-refractivity contribution in [2.24, 2.45) is 0 Å². The first kappa shape index (κ1) is 27.7. The van der Waals surface area contributed by atoms with E-state index in [1.807, 2.05) is 0 Å². The molecule has 8 nitrogen and oxygen atoms in total. The van der Waals surface area contributed by atoms with E-state index >= 15 is 0 Å². The summed E-state index contributed by atoms with van der Waals surface area (Å²) in [7, 11) is -4.29. The molecule has 0 aromatic rings. The van der Waals surface area contributed by atoms with Crippen molar-refractivity contribution in [2.75, 3.05) is 38.5 Å². The number of amidine groups is 1. The number of aliphatic hydroxyl groups excluding tert-OH is 2. The summed E-state index contributed by atoms with van der Waals surface area (Å²) in [5, 5.41) is 19.2. The van der Waals surface area contributed by atoms with E-state index in [9.17, 15) is 23.4 Å². The van der Waals surface area contributed by atoms with E-state index in [2.05, 4.69) is 19.1 Å². The molecule has 0 saturated carbocycles. The van der Waals surface area contributed by atoms with E-state index in [0.29, 0.717) is 31.9 Å². The van der Waals surface area contributed by atoms with E-state index in [0.717, 1.165) is 38.5 Å². The molecule has 1 unspecified atom stereocenters. The number of allylic oxidation sites excluding steroid dienone is 2. The average Bonchev–Trinajstić information content (AvgIpc) is 3.06. The van der Waals surface area contributed by atoms with Gasteiger partial charge < -0.3 is 10.2 Å². The smallest absolute Gasteiger partial charge is 0.316 e.